The molecule has 2 atom stereocenters. The molecule has 5 rings (SSSR count). The van der Waals surface area contributed by atoms with Gasteiger partial charge in [0, 0.05) is 30.3 Å². The SMILES string of the molecule is CC1(C)C2CC[C@]1(CS(=O)(=O)N1CCC3(C=Cc4ccccc43)CC1)C(=O)C2. The lowest BCUT2D eigenvalue weighted by Gasteiger charge is -2.41. The molecule has 5 heteroatoms. The predicted octanol–water partition coefficient (Wildman–Crippen LogP) is 3.77. The van der Waals surface area contributed by atoms with Gasteiger partial charge < -0.3 is 0 Å². The topological polar surface area (TPSA) is 54.5 Å². The molecule has 0 N–H and O–H groups in total. The molecule has 3 fully saturated rings. The maximum Gasteiger partial charge on any atom is 0.215 e. The van der Waals surface area contributed by atoms with Crippen LogP contribution in [0.25, 0.3) is 6.08 Å². The van der Waals surface area contributed by atoms with Crippen LogP contribution in [0, 0.1) is 16.7 Å². The van der Waals surface area contributed by atoms with Gasteiger partial charge in [-0.3, -0.25) is 4.79 Å². The van der Waals surface area contributed by atoms with E-state index in [1.165, 1.54) is 11.1 Å². The minimum Gasteiger partial charge on any atom is -0.299 e. The van der Waals surface area contributed by atoms with Crippen molar-refractivity contribution in [3.8, 4) is 0 Å². The van der Waals surface area contributed by atoms with Crippen LogP contribution >= 0.6 is 0 Å². The van der Waals surface area contributed by atoms with Crippen LogP contribution in [-0.4, -0.2) is 37.3 Å². The van der Waals surface area contributed by atoms with Crippen LogP contribution in [0.5, 0.6) is 0 Å². The average Bonchev–Trinajstić information content (AvgIpc) is 3.19. The van der Waals surface area contributed by atoms with Crippen LogP contribution in [-0.2, 0) is 20.2 Å². The summed E-state index contributed by atoms with van der Waals surface area (Å²) in [5, 5.41) is 0. The van der Waals surface area contributed by atoms with E-state index in [9.17, 15) is 13.2 Å². The molecule has 4 aliphatic rings. The van der Waals surface area contributed by atoms with Crippen LogP contribution in [0.3, 0.4) is 0 Å². The Bertz CT molecular complexity index is 969. The van der Waals surface area contributed by atoms with E-state index in [0.717, 1.165) is 25.7 Å². The summed E-state index contributed by atoms with van der Waals surface area (Å²) < 4.78 is 28.4. The quantitative estimate of drug-likeness (QED) is 0.777. The van der Waals surface area contributed by atoms with Crippen molar-refractivity contribution in [3.05, 3.63) is 41.5 Å². The van der Waals surface area contributed by atoms with Crippen molar-refractivity contribution >= 4 is 21.9 Å². The Labute approximate surface area is 168 Å². The lowest BCUT2D eigenvalue weighted by Crippen LogP contribution is -2.50. The van der Waals surface area contributed by atoms with Crippen LogP contribution in [0.4, 0.5) is 0 Å². The highest BCUT2D eigenvalue weighted by atomic mass is 32.2. The lowest BCUT2D eigenvalue weighted by molar-refractivity contribution is -0.128. The molecule has 0 amide bonds. The number of hydrogen-bond donors (Lipinski definition) is 0. The third kappa shape index (κ3) is 2.32. The van der Waals surface area contributed by atoms with Crippen molar-refractivity contribution in [1.82, 2.24) is 4.31 Å². The number of ketones is 1. The first kappa shape index (κ1) is 18.6. The number of fused-ring (bicyclic) bond motifs is 4. The van der Waals surface area contributed by atoms with E-state index in [1.807, 2.05) is 0 Å². The van der Waals surface area contributed by atoms with E-state index < -0.39 is 15.4 Å². The molecule has 2 saturated carbocycles. The van der Waals surface area contributed by atoms with Crippen molar-refractivity contribution < 1.29 is 13.2 Å². The first-order valence-corrected chi connectivity index (χ1v) is 12.1. The molecule has 0 radical (unpaired) electrons. The monoisotopic (exact) mass is 399 g/mol. The third-order valence-electron chi connectivity index (χ3n) is 8.66. The Morgan fingerprint density at radius 3 is 2.46 bits per heavy atom. The minimum absolute atomic E-state index is 0.00175. The molecule has 0 aromatic heterocycles. The highest BCUT2D eigenvalue weighted by Gasteiger charge is 2.65. The maximum atomic E-state index is 13.4. The smallest absolute Gasteiger partial charge is 0.215 e. The van der Waals surface area contributed by atoms with Gasteiger partial charge in [-0.15, -0.1) is 0 Å². The zero-order valence-electron chi connectivity index (χ0n) is 16.8. The number of allylic oxidation sites excluding steroid dienone is 1. The summed E-state index contributed by atoms with van der Waals surface area (Å²) in [6.07, 6.45) is 8.35. The number of benzene rings is 1. The largest absolute Gasteiger partial charge is 0.299 e. The third-order valence-corrected chi connectivity index (χ3v) is 10.7. The number of sulfonamides is 1. The summed E-state index contributed by atoms with van der Waals surface area (Å²) in [5.41, 5.74) is 1.68. The summed E-state index contributed by atoms with van der Waals surface area (Å²) in [4.78, 5) is 12.8. The number of rotatable bonds is 3. The van der Waals surface area contributed by atoms with E-state index >= 15 is 0 Å². The second-order valence-corrected chi connectivity index (χ2v) is 11.9. The Morgan fingerprint density at radius 2 is 1.82 bits per heavy atom. The first-order chi connectivity index (χ1) is 13.2. The van der Waals surface area contributed by atoms with Gasteiger partial charge in [-0.2, -0.15) is 0 Å². The number of Topliss-reactive ketones (excluding diaryl/α,β-unsaturated/α-hetero) is 1. The van der Waals surface area contributed by atoms with Gasteiger partial charge >= 0.3 is 0 Å². The molecule has 1 aromatic rings. The normalized spacial score (nSPS) is 32.9. The molecule has 4 nitrogen and oxygen atoms in total. The fraction of sp³-hybridized carbons (Fsp3) is 0.609. The van der Waals surface area contributed by atoms with Gasteiger partial charge in [0.1, 0.15) is 5.78 Å². The van der Waals surface area contributed by atoms with E-state index in [4.69, 9.17) is 0 Å². The molecule has 3 aliphatic carbocycles. The molecule has 2 bridgehead atoms. The van der Waals surface area contributed by atoms with Gasteiger partial charge in [-0.25, -0.2) is 12.7 Å². The summed E-state index contributed by atoms with van der Waals surface area (Å²) >= 11 is 0. The van der Waals surface area contributed by atoms with Gasteiger partial charge in [0.2, 0.25) is 10.0 Å². The van der Waals surface area contributed by atoms with Crippen molar-refractivity contribution in [2.24, 2.45) is 16.7 Å². The van der Waals surface area contributed by atoms with E-state index in [-0.39, 0.29) is 22.4 Å². The standard InChI is InChI=1S/C23H29NO3S/c1-21(2)18-8-10-23(21,20(25)15-18)16-28(26,27)24-13-11-22(12-14-24)9-7-17-5-3-4-6-19(17)22/h3-7,9,18H,8,10-16H2,1-2H3/t18?,23-/m0/s1. The van der Waals surface area contributed by atoms with Gasteiger partial charge in [-0.1, -0.05) is 50.3 Å². The van der Waals surface area contributed by atoms with E-state index in [0.29, 0.717) is 25.4 Å². The Kier molecular flexibility index (Phi) is 3.84. The zero-order valence-corrected chi connectivity index (χ0v) is 17.6. The van der Waals surface area contributed by atoms with Crippen molar-refractivity contribution in [2.45, 2.75) is 51.4 Å². The molecule has 1 spiro atoms. The van der Waals surface area contributed by atoms with Crippen molar-refractivity contribution in [3.63, 3.8) is 0 Å². The summed E-state index contributed by atoms with van der Waals surface area (Å²) in [6, 6.07) is 8.43. The Morgan fingerprint density at radius 1 is 1.11 bits per heavy atom. The van der Waals surface area contributed by atoms with E-state index in [1.54, 1.807) is 4.31 Å². The molecule has 1 saturated heterocycles. The van der Waals surface area contributed by atoms with Crippen LogP contribution < -0.4 is 0 Å². The fourth-order valence-electron chi connectivity index (χ4n) is 6.55. The number of carbonyl (C=O) groups is 1. The molecule has 28 heavy (non-hydrogen) atoms. The van der Waals surface area contributed by atoms with Crippen LogP contribution in [0.15, 0.2) is 30.3 Å². The lowest BCUT2D eigenvalue weighted by atomic mass is 9.70. The maximum absolute atomic E-state index is 13.4. The number of piperidine rings is 1. The second kappa shape index (κ2) is 5.79. The van der Waals surface area contributed by atoms with Crippen LogP contribution in [0.2, 0.25) is 0 Å². The van der Waals surface area contributed by atoms with Crippen LogP contribution in [0.1, 0.15) is 57.1 Å². The van der Waals surface area contributed by atoms with Gasteiger partial charge in [0.05, 0.1) is 5.75 Å². The highest BCUT2D eigenvalue weighted by Crippen LogP contribution is 2.64. The van der Waals surface area contributed by atoms with E-state index in [2.05, 4.69) is 50.3 Å². The number of carbonyl (C=O) groups excluding carboxylic acids is 1. The molecule has 1 unspecified atom stereocenters. The zero-order chi connectivity index (χ0) is 19.8. The number of nitrogens with zero attached hydrogens (tertiary/aromatic N) is 1. The molecule has 1 aliphatic heterocycles. The van der Waals surface area contributed by atoms with Crippen molar-refractivity contribution in [1.29, 1.82) is 0 Å². The predicted molar refractivity (Wildman–Crippen MR) is 110 cm³/mol. The minimum atomic E-state index is -3.45. The second-order valence-electron chi connectivity index (χ2n) is 9.90. The molecule has 1 aromatic carbocycles. The fourth-order valence-corrected chi connectivity index (χ4v) is 8.77. The molecule has 150 valence electrons. The Hall–Kier alpha value is -1.46. The Balaban J connectivity index is 1.36. The highest BCUT2D eigenvalue weighted by molar-refractivity contribution is 7.89. The average molecular weight is 400 g/mol. The molecular weight excluding hydrogens is 370 g/mol. The van der Waals surface area contributed by atoms with Gasteiger partial charge in [0.25, 0.3) is 0 Å². The van der Waals surface area contributed by atoms with Gasteiger partial charge in [-0.05, 0) is 48.1 Å². The summed E-state index contributed by atoms with van der Waals surface area (Å²) in [5.74, 6) is 0.528. The molecule has 1 heterocycles. The summed E-state index contributed by atoms with van der Waals surface area (Å²) in [6.45, 7) is 5.29. The van der Waals surface area contributed by atoms with Crippen molar-refractivity contribution in [2.75, 3.05) is 18.8 Å². The van der Waals surface area contributed by atoms with Gasteiger partial charge in [0.15, 0.2) is 0 Å². The summed E-state index contributed by atoms with van der Waals surface area (Å²) in [7, 11) is -3.45. The number of hydrogen-bond acceptors (Lipinski definition) is 3. The molecular formula is C23H29NO3S. The first-order valence-electron chi connectivity index (χ1n) is 10.5.